The zero-order valence-corrected chi connectivity index (χ0v) is 17.8. The Bertz CT molecular complexity index is 1290. The van der Waals surface area contributed by atoms with Crippen molar-refractivity contribution in [1.29, 1.82) is 0 Å². The van der Waals surface area contributed by atoms with Gasteiger partial charge in [-0.2, -0.15) is 13.2 Å². The summed E-state index contributed by atoms with van der Waals surface area (Å²) in [7, 11) is 0. The molecule has 0 aliphatic heterocycles. The third kappa shape index (κ3) is 4.34. The number of carbonyl (C=O) groups excluding carboxylic acids is 1. The van der Waals surface area contributed by atoms with E-state index in [0.29, 0.717) is 11.6 Å². The van der Waals surface area contributed by atoms with Crippen LogP contribution in [0.15, 0.2) is 52.9 Å². The first-order valence-corrected chi connectivity index (χ1v) is 10.1. The Morgan fingerprint density at radius 1 is 1.16 bits per heavy atom. The average Bonchev–Trinajstić information content (AvgIpc) is 3.34. The second-order valence-electron chi connectivity index (χ2n) is 7.52. The average molecular weight is 463 g/mol. The fourth-order valence-corrected chi connectivity index (χ4v) is 3.42. The number of alkyl halides is 3. The van der Waals surface area contributed by atoms with Crippen molar-refractivity contribution in [2.75, 3.05) is 5.32 Å². The number of amides is 1. The van der Waals surface area contributed by atoms with Crippen LogP contribution in [0.1, 0.15) is 31.2 Å². The molecule has 4 aromatic rings. The smallest absolute Gasteiger partial charge is 0.416 e. The van der Waals surface area contributed by atoms with Crippen LogP contribution in [0.2, 0.25) is 5.02 Å². The van der Waals surface area contributed by atoms with Gasteiger partial charge >= 0.3 is 6.18 Å². The molecule has 0 atom stereocenters. The molecule has 1 amide bonds. The van der Waals surface area contributed by atoms with Crippen LogP contribution in [0, 0.1) is 0 Å². The van der Waals surface area contributed by atoms with Crippen molar-refractivity contribution in [1.82, 2.24) is 14.8 Å². The SMILES string of the molecule is CC(C)c1nnc(-c2cc3ccccc3n2CC(=O)Nc2cc(C(F)(F)F)ccc2Cl)o1. The van der Waals surface area contributed by atoms with E-state index >= 15 is 0 Å². The van der Waals surface area contributed by atoms with Gasteiger partial charge in [-0.3, -0.25) is 4.79 Å². The van der Waals surface area contributed by atoms with Gasteiger partial charge in [0.2, 0.25) is 11.8 Å². The first kappa shape index (κ1) is 21.9. The Morgan fingerprint density at radius 2 is 1.91 bits per heavy atom. The van der Waals surface area contributed by atoms with Crippen molar-refractivity contribution >= 4 is 34.1 Å². The van der Waals surface area contributed by atoms with Crippen LogP contribution in [0.4, 0.5) is 18.9 Å². The molecule has 0 radical (unpaired) electrons. The molecule has 32 heavy (non-hydrogen) atoms. The third-order valence-corrected chi connectivity index (χ3v) is 5.16. The highest BCUT2D eigenvalue weighted by Gasteiger charge is 2.31. The van der Waals surface area contributed by atoms with Gasteiger partial charge in [0, 0.05) is 16.8 Å². The monoisotopic (exact) mass is 462 g/mol. The quantitative estimate of drug-likeness (QED) is 0.387. The third-order valence-electron chi connectivity index (χ3n) is 4.83. The molecule has 2 aromatic carbocycles. The molecule has 1 N–H and O–H groups in total. The van der Waals surface area contributed by atoms with Crippen molar-refractivity contribution in [3.8, 4) is 11.6 Å². The molecular weight excluding hydrogens is 445 g/mol. The van der Waals surface area contributed by atoms with Crippen LogP contribution in [0.5, 0.6) is 0 Å². The van der Waals surface area contributed by atoms with Crippen molar-refractivity contribution in [3.63, 3.8) is 0 Å². The largest absolute Gasteiger partial charge is 0.419 e. The number of nitrogens with zero attached hydrogens (tertiary/aromatic N) is 3. The van der Waals surface area contributed by atoms with Gasteiger partial charge in [0.25, 0.3) is 5.89 Å². The molecule has 166 valence electrons. The Kier molecular flexibility index (Phi) is 5.68. The van der Waals surface area contributed by atoms with E-state index in [4.69, 9.17) is 16.0 Å². The lowest BCUT2D eigenvalue weighted by Crippen LogP contribution is -2.20. The van der Waals surface area contributed by atoms with E-state index in [2.05, 4.69) is 15.5 Å². The molecule has 0 bridgehead atoms. The number of hydrogen-bond acceptors (Lipinski definition) is 4. The summed E-state index contributed by atoms with van der Waals surface area (Å²) >= 11 is 6.00. The van der Waals surface area contributed by atoms with Gasteiger partial charge in [-0.15, -0.1) is 10.2 Å². The second-order valence-corrected chi connectivity index (χ2v) is 7.92. The maximum atomic E-state index is 13.0. The summed E-state index contributed by atoms with van der Waals surface area (Å²) < 4.78 is 46.5. The highest BCUT2D eigenvalue weighted by Crippen LogP contribution is 2.34. The molecule has 0 unspecified atom stereocenters. The number of carbonyl (C=O) groups is 1. The molecule has 0 aliphatic rings. The number of benzene rings is 2. The molecule has 2 aromatic heterocycles. The Morgan fingerprint density at radius 3 is 2.59 bits per heavy atom. The minimum absolute atomic E-state index is 0.00224. The summed E-state index contributed by atoms with van der Waals surface area (Å²) in [5, 5.41) is 11.4. The standard InChI is InChI=1S/C22H18ClF3N4O2/c1-12(2)20-28-29-21(32-20)18-9-13-5-3-4-6-17(13)30(18)11-19(31)27-16-10-14(22(24,25)26)7-8-15(16)23/h3-10,12H,11H2,1-2H3,(H,27,31). The molecule has 4 rings (SSSR count). The number of nitrogens with one attached hydrogen (secondary N) is 1. The number of anilines is 1. The molecule has 10 heteroatoms. The van der Waals surface area contributed by atoms with E-state index in [0.717, 1.165) is 29.1 Å². The van der Waals surface area contributed by atoms with Crippen LogP contribution in [0.25, 0.3) is 22.5 Å². The summed E-state index contributed by atoms with van der Waals surface area (Å²) in [6, 6.07) is 11.9. The summed E-state index contributed by atoms with van der Waals surface area (Å²) in [5.74, 6) is 0.171. The molecule has 0 spiro atoms. The van der Waals surface area contributed by atoms with Crippen LogP contribution in [-0.2, 0) is 17.5 Å². The number of fused-ring (bicyclic) bond motifs is 1. The molecule has 0 saturated carbocycles. The predicted octanol–water partition coefficient (Wildman–Crippen LogP) is 6.13. The number of rotatable bonds is 5. The summed E-state index contributed by atoms with van der Waals surface area (Å²) in [6.07, 6.45) is -4.56. The zero-order valence-electron chi connectivity index (χ0n) is 17.1. The number of hydrogen-bond donors (Lipinski definition) is 1. The van der Waals surface area contributed by atoms with E-state index in [1.807, 2.05) is 44.2 Å². The predicted molar refractivity (Wildman–Crippen MR) is 114 cm³/mol. The minimum atomic E-state index is -4.56. The molecular formula is C22H18ClF3N4O2. The fraction of sp³-hybridized carbons (Fsp3) is 0.227. The van der Waals surface area contributed by atoms with E-state index < -0.39 is 17.6 Å². The van der Waals surface area contributed by atoms with Crippen LogP contribution in [-0.4, -0.2) is 20.7 Å². The Balaban J connectivity index is 1.68. The van der Waals surface area contributed by atoms with E-state index in [1.54, 1.807) is 4.57 Å². The minimum Gasteiger partial charge on any atom is -0.419 e. The van der Waals surface area contributed by atoms with Gasteiger partial charge in [0.1, 0.15) is 12.2 Å². The fourth-order valence-electron chi connectivity index (χ4n) is 3.26. The highest BCUT2D eigenvalue weighted by atomic mass is 35.5. The number of halogens is 4. The molecule has 0 fully saturated rings. The first-order valence-electron chi connectivity index (χ1n) is 9.72. The van der Waals surface area contributed by atoms with Gasteiger partial charge in [-0.25, -0.2) is 0 Å². The molecule has 6 nitrogen and oxygen atoms in total. The summed E-state index contributed by atoms with van der Waals surface area (Å²) in [4.78, 5) is 12.8. The Hall–Kier alpha value is -3.33. The summed E-state index contributed by atoms with van der Waals surface area (Å²) in [6.45, 7) is 3.63. The lowest BCUT2D eigenvalue weighted by atomic mass is 10.2. The van der Waals surface area contributed by atoms with Gasteiger partial charge in [0.15, 0.2) is 0 Å². The number of aromatic nitrogens is 3. The topological polar surface area (TPSA) is 73.0 Å². The van der Waals surface area contributed by atoms with Gasteiger partial charge in [0.05, 0.1) is 16.3 Å². The first-order chi connectivity index (χ1) is 15.1. The van der Waals surface area contributed by atoms with E-state index in [9.17, 15) is 18.0 Å². The lowest BCUT2D eigenvalue weighted by molar-refractivity contribution is -0.137. The van der Waals surface area contributed by atoms with Gasteiger partial charge in [-0.1, -0.05) is 43.6 Å². The van der Waals surface area contributed by atoms with Gasteiger partial charge in [-0.05, 0) is 30.3 Å². The molecule has 0 aliphatic carbocycles. The van der Waals surface area contributed by atoms with Gasteiger partial charge < -0.3 is 14.3 Å². The van der Waals surface area contributed by atoms with Crippen molar-refractivity contribution in [3.05, 3.63) is 65.0 Å². The number of para-hydroxylation sites is 1. The zero-order chi connectivity index (χ0) is 23.0. The van der Waals surface area contributed by atoms with Crippen molar-refractivity contribution in [2.24, 2.45) is 0 Å². The summed E-state index contributed by atoms with van der Waals surface area (Å²) in [5.41, 5.74) is 0.230. The van der Waals surface area contributed by atoms with E-state index in [1.165, 1.54) is 0 Å². The maximum Gasteiger partial charge on any atom is 0.416 e. The van der Waals surface area contributed by atoms with E-state index in [-0.39, 0.29) is 29.1 Å². The molecule has 0 saturated heterocycles. The Labute approximate surface area is 186 Å². The highest BCUT2D eigenvalue weighted by molar-refractivity contribution is 6.33. The molecule has 2 heterocycles. The maximum absolute atomic E-state index is 13.0. The second kappa shape index (κ2) is 8.31. The normalized spacial score (nSPS) is 12.0. The van der Waals surface area contributed by atoms with Crippen molar-refractivity contribution < 1.29 is 22.4 Å². The van der Waals surface area contributed by atoms with Crippen molar-refractivity contribution in [2.45, 2.75) is 32.5 Å². The van der Waals surface area contributed by atoms with Crippen LogP contribution in [0.3, 0.4) is 0 Å². The van der Waals surface area contributed by atoms with Crippen LogP contribution >= 0.6 is 11.6 Å². The van der Waals surface area contributed by atoms with Crippen LogP contribution < -0.4 is 5.32 Å². The lowest BCUT2D eigenvalue weighted by Gasteiger charge is -2.13.